The van der Waals surface area contributed by atoms with Crippen LogP contribution in [0.3, 0.4) is 0 Å². The molecule has 1 aliphatic carbocycles. The average molecular weight is 261 g/mol. The van der Waals surface area contributed by atoms with Crippen LogP contribution in [0.2, 0.25) is 0 Å². The van der Waals surface area contributed by atoms with E-state index in [9.17, 15) is 0 Å². The Bertz CT molecular complexity index is 387. The minimum Gasteiger partial charge on any atom is -0.313 e. The maximum absolute atomic E-state index is 4.58. The van der Waals surface area contributed by atoms with Crippen LogP contribution in [0.25, 0.3) is 0 Å². The van der Waals surface area contributed by atoms with Crippen LogP contribution in [0.4, 0.5) is 0 Å². The summed E-state index contributed by atoms with van der Waals surface area (Å²) < 4.78 is 0. The summed E-state index contributed by atoms with van der Waals surface area (Å²) in [4.78, 5) is 7.03. The lowest BCUT2D eigenvalue weighted by Crippen LogP contribution is -2.36. The highest BCUT2D eigenvalue weighted by atomic mass is 15.1. The molecule has 1 unspecified atom stereocenters. The molecular formula is C16H27N3. The number of hydrogen-bond donors (Lipinski definition) is 1. The van der Waals surface area contributed by atoms with Crippen molar-refractivity contribution < 1.29 is 0 Å². The van der Waals surface area contributed by atoms with E-state index in [2.05, 4.69) is 54.2 Å². The Morgan fingerprint density at radius 2 is 2.21 bits per heavy atom. The monoisotopic (exact) mass is 261 g/mol. The molecule has 3 nitrogen and oxygen atoms in total. The van der Waals surface area contributed by atoms with Gasteiger partial charge in [0.1, 0.15) is 0 Å². The first kappa shape index (κ1) is 14.5. The first-order valence-corrected chi connectivity index (χ1v) is 7.57. The van der Waals surface area contributed by atoms with Gasteiger partial charge in [-0.05, 0) is 51.3 Å². The lowest BCUT2D eigenvalue weighted by molar-refractivity contribution is 0.270. The fourth-order valence-electron chi connectivity index (χ4n) is 2.48. The van der Waals surface area contributed by atoms with Crippen LogP contribution >= 0.6 is 0 Å². The van der Waals surface area contributed by atoms with Crippen molar-refractivity contribution in [1.82, 2.24) is 15.2 Å². The molecule has 1 heterocycles. The summed E-state index contributed by atoms with van der Waals surface area (Å²) in [7, 11) is 0. The molecule has 0 bridgehead atoms. The van der Waals surface area contributed by atoms with Gasteiger partial charge < -0.3 is 5.32 Å². The van der Waals surface area contributed by atoms with Crippen molar-refractivity contribution in [3.05, 3.63) is 29.6 Å². The average Bonchev–Trinajstić information content (AvgIpc) is 3.21. The molecule has 0 amide bonds. The quantitative estimate of drug-likeness (QED) is 0.779. The van der Waals surface area contributed by atoms with E-state index in [1.807, 2.05) is 0 Å². The molecule has 1 aromatic heterocycles. The van der Waals surface area contributed by atoms with Gasteiger partial charge in [-0.2, -0.15) is 0 Å². The van der Waals surface area contributed by atoms with E-state index in [1.165, 1.54) is 18.5 Å². The molecule has 0 spiro atoms. The molecule has 1 fully saturated rings. The smallest absolute Gasteiger partial charge is 0.0547 e. The van der Waals surface area contributed by atoms with Crippen LogP contribution in [0.15, 0.2) is 18.2 Å². The van der Waals surface area contributed by atoms with Crippen LogP contribution in [0.5, 0.6) is 0 Å². The van der Waals surface area contributed by atoms with Crippen molar-refractivity contribution in [2.24, 2.45) is 5.92 Å². The fourth-order valence-corrected chi connectivity index (χ4v) is 2.48. The third-order valence-electron chi connectivity index (χ3n) is 4.00. The first-order chi connectivity index (χ1) is 9.19. The molecule has 3 heteroatoms. The van der Waals surface area contributed by atoms with Crippen LogP contribution in [-0.4, -0.2) is 35.6 Å². The van der Waals surface area contributed by atoms with E-state index in [-0.39, 0.29) is 0 Å². The Morgan fingerprint density at radius 3 is 2.84 bits per heavy atom. The molecule has 0 radical (unpaired) electrons. The summed E-state index contributed by atoms with van der Waals surface area (Å²) in [5.41, 5.74) is 2.28. The van der Waals surface area contributed by atoms with Gasteiger partial charge in [-0.25, -0.2) is 0 Å². The summed E-state index contributed by atoms with van der Waals surface area (Å²) >= 11 is 0. The molecule has 19 heavy (non-hydrogen) atoms. The highest BCUT2D eigenvalue weighted by Gasteiger charge is 2.27. The molecular weight excluding hydrogens is 234 g/mol. The van der Waals surface area contributed by atoms with Gasteiger partial charge in [0.25, 0.3) is 0 Å². The van der Waals surface area contributed by atoms with Crippen LogP contribution in [0.1, 0.15) is 38.1 Å². The van der Waals surface area contributed by atoms with Gasteiger partial charge in [0, 0.05) is 31.4 Å². The van der Waals surface area contributed by atoms with Crippen molar-refractivity contribution in [2.45, 2.75) is 46.2 Å². The molecule has 1 atom stereocenters. The second-order valence-electron chi connectivity index (χ2n) is 5.72. The lowest BCUT2D eigenvalue weighted by atomic mass is 10.2. The van der Waals surface area contributed by atoms with Gasteiger partial charge in [-0.15, -0.1) is 0 Å². The minimum absolute atomic E-state index is 0.691. The second-order valence-corrected chi connectivity index (χ2v) is 5.72. The Kier molecular flexibility index (Phi) is 5.34. The van der Waals surface area contributed by atoms with E-state index < -0.39 is 0 Å². The Balaban J connectivity index is 1.73. The highest BCUT2D eigenvalue weighted by molar-refractivity contribution is 5.09. The zero-order valence-corrected chi connectivity index (χ0v) is 12.5. The topological polar surface area (TPSA) is 28.2 Å². The number of nitrogens with zero attached hydrogens (tertiary/aromatic N) is 2. The zero-order chi connectivity index (χ0) is 13.7. The van der Waals surface area contributed by atoms with Crippen LogP contribution in [0, 0.1) is 12.8 Å². The lowest BCUT2D eigenvalue weighted by Gasteiger charge is -2.22. The molecule has 1 N–H and O–H groups in total. The number of rotatable bonds is 8. The zero-order valence-electron chi connectivity index (χ0n) is 12.5. The Labute approximate surface area is 117 Å². The molecule has 2 rings (SSSR count). The Hall–Kier alpha value is -0.930. The standard InChI is InChI=1S/C16H27N3/c1-4-19(11-10-17-14(3)15-8-9-15)12-16-7-5-6-13(2)18-16/h5-7,14-15,17H,4,8-12H2,1-3H3. The van der Waals surface area contributed by atoms with Crippen molar-refractivity contribution in [2.75, 3.05) is 19.6 Å². The summed E-state index contributed by atoms with van der Waals surface area (Å²) in [6.07, 6.45) is 2.83. The SMILES string of the molecule is CCN(CCNC(C)C1CC1)Cc1cccc(C)n1. The molecule has 0 aromatic carbocycles. The number of aryl methyl sites for hydroxylation is 1. The summed E-state index contributed by atoms with van der Waals surface area (Å²) in [5.74, 6) is 0.938. The minimum atomic E-state index is 0.691. The molecule has 106 valence electrons. The summed E-state index contributed by atoms with van der Waals surface area (Å²) in [6, 6.07) is 6.96. The number of hydrogen-bond acceptors (Lipinski definition) is 3. The van der Waals surface area contributed by atoms with E-state index in [0.717, 1.165) is 37.8 Å². The maximum atomic E-state index is 4.58. The van der Waals surface area contributed by atoms with E-state index in [4.69, 9.17) is 0 Å². The molecule has 0 saturated heterocycles. The van der Waals surface area contributed by atoms with Gasteiger partial charge in [-0.1, -0.05) is 13.0 Å². The van der Waals surface area contributed by atoms with Gasteiger partial charge >= 0.3 is 0 Å². The number of aromatic nitrogens is 1. The van der Waals surface area contributed by atoms with Crippen LogP contribution in [-0.2, 0) is 6.54 Å². The Morgan fingerprint density at radius 1 is 1.42 bits per heavy atom. The number of likely N-dealkylation sites (N-methyl/N-ethyl adjacent to an activating group) is 1. The van der Waals surface area contributed by atoms with Crippen molar-refractivity contribution in [1.29, 1.82) is 0 Å². The van der Waals surface area contributed by atoms with Crippen molar-refractivity contribution in [3.8, 4) is 0 Å². The third-order valence-corrected chi connectivity index (χ3v) is 4.00. The first-order valence-electron chi connectivity index (χ1n) is 7.57. The van der Waals surface area contributed by atoms with Gasteiger partial charge in [0.15, 0.2) is 0 Å². The largest absolute Gasteiger partial charge is 0.313 e. The number of pyridine rings is 1. The van der Waals surface area contributed by atoms with Gasteiger partial charge in [-0.3, -0.25) is 9.88 Å². The summed E-state index contributed by atoms with van der Waals surface area (Å²) in [5, 5.41) is 3.64. The molecule has 1 aromatic rings. The third kappa shape index (κ3) is 4.92. The second kappa shape index (κ2) is 7.01. The van der Waals surface area contributed by atoms with E-state index >= 15 is 0 Å². The molecule has 0 aliphatic heterocycles. The van der Waals surface area contributed by atoms with Crippen LogP contribution < -0.4 is 5.32 Å². The van der Waals surface area contributed by atoms with E-state index in [0.29, 0.717) is 6.04 Å². The highest BCUT2D eigenvalue weighted by Crippen LogP contribution is 2.32. The summed E-state index contributed by atoms with van der Waals surface area (Å²) in [6.45, 7) is 10.8. The normalized spacial score (nSPS) is 16.8. The van der Waals surface area contributed by atoms with E-state index in [1.54, 1.807) is 0 Å². The van der Waals surface area contributed by atoms with Crippen molar-refractivity contribution in [3.63, 3.8) is 0 Å². The maximum Gasteiger partial charge on any atom is 0.0547 e. The fraction of sp³-hybridized carbons (Fsp3) is 0.688. The predicted octanol–water partition coefficient (Wildman–Crippen LogP) is 2.60. The predicted molar refractivity (Wildman–Crippen MR) is 80.1 cm³/mol. The van der Waals surface area contributed by atoms with Gasteiger partial charge in [0.05, 0.1) is 5.69 Å². The molecule has 1 aliphatic rings. The molecule has 1 saturated carbocycles. The number of nitrogens with one attached hydrogen (secondary N) is 1. The van der Waals surface area contributed by atoms with Gasteiger partial charge in [0.2, 0.25) is 0 Å². The van der Waals surface area contributed by atoms with Crippen molar-refractivity contribution >= 4 is 0 Å².